The summed E-state index contributed by atoms with van der Waals surface area (Å²) in [4.78, 5) is 39.4. The van der Waals surface area contributed by atoms with Gasteiger partial charge in [-0.05, 0) is 70.7 Å². The highest BCUT2D eigenvalue weighted by atomic mass is 31.2. The monoisotopic (exact) mass is 616 g/mol. The van der Waals surface area contributed by atoms with Crippen molar-refractivity contribution < 1.29 is 37.5 Å². The van der Waals surface area contributed by atoms with Gasteiger partial charge in [-0.2, -0.15) is 0 Å². The number of alkyl carbamates (subject to hydrolysis) is 1. The van der Waals surface area contributed by atoms with E-state index in [2.05, 4.69) is 17.4 Å². The van der Waals surface area contributed by atoms with E-state index < -0.39 is 36.8 Å². The van der Waals surface area contributed by atoms with E-state index in [-0.39, 0.29) is 51.3 Å². The highest BCUT2D eigenvalue weighted by Gasteiger charge is 2.36. The fraction of sp³-hybridized carbons (Fsp3) is 0.531. The molecule has 0 bridgehead atoms. The summed E-state index contributed by atoms with van der Waals surface area (Å²) in [5.41, 5.74) is 2.94. The maximum atomic E-state index is 13.6. The number of amides is 2. The molecule has 236 valence electrons. The third-order valence-corrected chi connectivity index (χ3v) is 8.82. The molecule has 0 saturated heterocycles. The lowest BCUT2D eigenvalue weighted by atomic mass is 9.98. The third kappa shape index (κ3) is 10.5. The number of carbonyl (C=O) groups is 3. The highest BCUT2D eigenvalue weighted by Crippen LogP contribution is 2.54. The molecule has 1 aliphatic carbocycles. The molecule has 3 rings (SSSR count). The first-order chi connectivity index (χ1) is 20.1. The topological polar surface area (TPSA) is 120 Å². The predicted molar refractivity (Wildman–Crippen MR) is 165 cm³/mol. The lowest BCUT2D eigenvalue weighted by Crippen LogP contribution is -2.42. The lowest BCUT2D eigenvalue weighted by molar-refractivity contribution is -0.148. The van der Waals surface area contributed by atoms with E-state index in [9.17, 15) is 18.9 Å². The number of benzene rings is 2. The van der Waals surface area contributed by atoms with Crippen molar-refractivity contribution in [2.75, 3.05) is 39.0 Å². The molecule has 0 heterocycles. The molecule has 0 saturated carbocycles. The second-order valence-electron chi connectivity index (χ2n) is 12.4. The van der Waals surface area contributed by atoms with Crippen LogP contribution in [-0.2, 0) is 32.7 Å². The van der Waals surface area contributed by atoms with Crippen LogP contribution in [0.5, 0.6) is 0 Å². The van der Waals surface area contributed by atoms with E-state index in [0.717, 1.165) is 22.3 Å². The van der Waals surface area contributed by atoms with Gasteiger partial charge in [0, 0.05) is 25.4 Å². The fourth-order valence-corrected chi connectivity index (χ4v) is 7.29. The Balaban J connectivity index is 1.59. The van der Waals surface area contributed by atoms with Crippen molar-refractivity contribution in [2.24, 2.45) is 0 Å². The van der Waals surface area contributed by atoms with E-state index in [4.69, 9.17) is 18.5 Å². The van der Waals surface area contributed by atoms with Crippen molar-refractivity contribution in [3.63, 3.8) is 0 Å². The first-order valence-corrected chi connectivity index (χ1v) is 16.4. The number of esters is 1. The second-order valence-corrected chi connectivity index (χ2v) is 14.4. The van der Waals surface area contributed by atoms with Gasteiger partial charge in [-0.1, -0.05) is 48.5 Å². The number of nitrogens with one attached hydrogen (secondary N) is 1. The Morgan fingerprint density at radius 2 is 1.40 bits per heavy atom. The zero-order valence-electron chi connectivity index (χ0n) is 26.3. The minimum Gasteiger partial charge on any atom is -0.465 e. The molecule has 0 aliphatic heterocycles. The van der Waals surface area contributed by atoms with Crippen LogP contribution in [0.1, 0.15) is 71.9 Å². The number of ether oxygens (including phenoxy) is 2. The molecule has 0 fully saturated rings. The summed E-state index contributed by atoms with van der Waals surface area (Å²) in [5.74, 6) is -1.11. The largest absolute Gasteiger partial charge is 0.465 e. The van der Waals surface area contributed by atoms with Gasteiger partial charge < -0.3 is 28.7 Å². The molecule has 2 aromatic carbocycles. The van der Waals surface area contributed by atoms with Crippen LogP contribution in [0.3, 0.4) is 0 Å². The quantitative estimate of drug-likeness (QED) is 0.211. The summed E-state index contributed by atoms with van der Waals surface area (Å²) in [7, 11) is -3.66. The van der Waals surface area contributed by atoms with Crippen LogP contribution in [0.2, 0.25) is 0 Å². The number of carbonyl (C=O) groups excluding carboxylic acids is 3. The summed E-state index contributed by atoms with van der Waals surface area (Å²) in [5, 5.41) is 2.67. The van der Waals surface area contributed by atoms with Crippen LogP contribution >= 0.6 is 7.60 Å². The Morgan fingerprint density at radius 3 is 1.91 bits per heavy atom. The Labute approximate surface area is 254 Å². The molecule has 0 radical (unpaired) electrons. The Bertz CT molecular complexity index is 1270. The molecule has 2 aromatic rings. The van der Waals surface area contributed by atoms with Gasteiger partial charge in [0.2, 0.25) is 5.91 Å². The van der Waals surface area contributed by atoms with Gasteiger partial charge in [-0.3, -0.25) is 14.2 Å². The van der Waals surface area contributed by atoms with Crippen molar-refractivity contribution in [1.82, 2.24) is 10.2 Å². The van der Waals surface area contributed by atoms with Crippen molar-refractivity contribution in [1.29, 1.82) is 0 Å². The summed E-state index contributed by atoms with van der Waals surface area (Å²) < 4.78 is 35.7. The maximum Gasteiger partial charge on any atom is 0.407 e. The SMILES string of the molecule is CCOC(=O)CN(CCNC(=O)OCC1c2ccccc2-c2ccccc21)C(=O)CCP(=O)(OC(C)(C)C)OC(C)(C)C. The average molecular weight is 617 g/mol. The van der Waals surface area contributed by atoms with E-state index in [1.807, 2.05) is 36.4 Å². The molecule has 0 spiro atoms. The standard InChI is InChI=1S/C32H45N2O8P/c1-8-39-29(36)21-34(28(35)17-20-43(38,41-31(2,3)4)42-32(5,6)7)19-18-33-30(37)40-22-27-25-15-11-9-13-23(25)24-14-10-12-16-26(24)27/h9-16,27H,8,17-22H2,1-7H3,(H,33,37). The zero-order chi connectivity index (χ0) is 31.8. The van der Waals surface area contributed by atoms with Crippen LogP contribution in [0.4, 0.5) is 4.79 Å². The second kappa shape index (κ2) is 14.5. The lowest BCUT2D eigenvalue weighted by Gasteiger charge is -2.32. The maximum absolute atomic E-state index is 13.6. The molecule has 0 unspecified atom stereocenters. The van der Waals surface area contributed by atoms with E-state index in [0.29, 0.717) is 0 Å². The normalized spacial score (nSPS) is 13.2. The minimum atomic E-state index is -3.66. The smallest absolute Gasteiger partial charge is 0.407 e. The van der Waals surface area contributed by atoms with Crippen LogP contribution in [0, 0.1) is 0 Å². The van der Waals surface area contributed by atoms with Crippen LogP contribution in [0.15, 0.2) is 48.5 Å². The first kappa shape index (κ1) is 34.3. The average Bonchev–Trinajstić information content (AvgIpc) is 3.21. The van der Waals surface area contributed by atoms with Gasteiger partial charge >= 0.3 is 19.7 Å². The number of nitrogens with zero attached hydrogens (tertiary/aromatic N) is 1. The Kier molecular flexibility index (Phi) is 11.6. The molecule has 11 heteroatoms. The van der Waals surface area contributed by atoms with Crippen molar-refractivity contribution in [3.05, 3.63) is 59.7 Å². The molecule has 2 amide bonds. The summed E-state index contributed by atoms with van der Waals surface area (Å²) in [6.07, 6.45) is -0.986. The summed E-state index contributed by atoms with van der Waals surface area (Å²) in [6, 6.07) is 16.1. The predicted octanol–water partition coefficient (Wildman–Crippen LogP) is 6.13. The highest BCUT2D eigenvalue weighted by molar-refractivity contribution is 7.54. The first-order valence-electron chi connectivity index (χ1n) is 14.6. The molecule has 0 aromatic heterocycles. The van der Waals surface area contributed by atoms with Gasteiger partial charge in [-0.15, -0.1) is 0 Å². The Hall–Kier alpha value is -3.20. The van der Waals surface area contributed by atoms with Crippen molar-refractivity contribution in [2.45, 2.75) is 72.0 Å². The van der Waals surface area contributed by atoms with Crippen LogP contribution in [0.25, 0.3) is 11.1 Å². The summed E-state index contributed by atoms with van der Waals surface area (Å²) >= 11 is 0. The fourth-order valence-electron chi connectivity index (χ4n) is 4.93. The molecular weight excluding hydrogens is 571 g/mol. The number of hydrogen-bond donors (Lipinski definition) is 1. The Morgan fingerprint density at radius 1 is 0.860 bits per heavy atom. The van der Waals surface area contributed by atoms with Gasteiger partial charge in [0.25, 0.3) is 0 Å². The van der Waals surface area contributed by atoms with E-state index in [1.165, 1.54) is 4.90 Å². The van der Waals surface area contributed by atoms with E-state index >= 15 is 0 Å². The minimum absolute atomic E-state index is 0.0202. The van der Waals surface area contributed by atoms with Crippen molar-refractivity contribution in [3.8, 4) is 11.1 Å². The van der Waals surface area contributed by atoms with E-state index in [1.54, 1.807) is 48.5 Å². The molecule has 1 aliphatic rings. The molecular formula is C32H45N2O8P. The number of hydrogen-bond acceptors (Lipinski definition) is 8. The van der Waals surface area contributed by atoms with Gasteiger partial charge in [0.05, 0.1) is 24.0 Å². The van der Waals surface area contributed by atoms with Gasteiger partial charge in [-0.25, -0.2) is 4.79 Å². The number of fused-ring (bicyclic) bond motifs is 3. The molecule has 10 nitrogen and oxygen atoms in total. The number of rotatable bonds is 13. The summed E-state index contributed by atoms with van der Waals surface area (Å²) in [6.45, 7) is 12.3. The third-order valence-electron chi connectivity index (χ3n) is 6.40. The van der Waals surface area contributed by atoms with Crippen LogP contribution < -0.4 is 5.32 Å². The van der Waals surface area contributed by atoms with Gasteiger partial charge in [0.1, 0.15) is 13.2 Å². The van der Waals surface area contributed by atoms with Crippen LogP contribution in [-0.4, -0.2) is 73.1 Å². The van der Waals surface area contributed by atoms with Gasteiger partial charge in [0.15, 0.2) is 0 Å². The zero-order valence-corrected chi connectivity index (χ0v) is 27.2. The van der Waals surface area contributed by atoms with Crippen molar-refractivity contribution >= 4 is 25.6 Å². The molecule has 1 N–H and O–H groups in total. The molecule has 0 atom stereocenters. The molecule has 43 heavy (non-hydrogen) atoms.